The van der Waals surface area contributed by atoms with Crippen molar-refractivity contribution in [1.82, 2.24) is 5.32 Å². The molecule has 0 aliphatic rings. The van der Waals surface area contributed by atoms with E-state index in [-0.39, 0.29) is 18.3 Å². The number of ether oxygens (including phenoxy) is 1. The number of rotatable bonds is 5. The Morgan fingerprint density at radius 2 is 1.83 bits per heavy atom. The van der Waals surface area contributed by atoms with Gasteiger partial charge in [-0.1, -0.05) is 30.3 Å². The minimum Gasteiger partial charge on any atom is -0.469 e. The van der Waals surface area contributed by atoms with Crippen LogP contribution in [0.1, 0.15) is 25.8 Å². The molecule has 4 heteroatoms. The molecule has 1 aromatic carbocycles. The Labute approximate surface area is 107 Å². The van der Waals surface area contributed by atoms with Crippen molar-refractivity contribution in [1.29, 1.82) is 0 Å². The van der Waals surface area contributed by atoms with Crippen LogP contribution in [0.15, 0.2) is 30.3 Å². The molecule has 1 aromatic rings. The Kier molecular flexibility index (Phi) is 4.89. The van der Waals surface area contributed by atoms with Gasteiger partial charge in [0.2, 0.25) is 5.91 Å². The second-order valence-electron chi connectivity index (χ2n) is 4.57. The molecule has 0 bridgehead atoms. The van der Waals surface area contributed by atoms with Crippen LogP contribution in [0.25, 0.3) is 0 Å². The molecule has 0 spiro atoms. The topological polar surface area (TPSA) is 55.4 Å². The molecule has 98 valence electrons. The van der Waals surface area contributed by atoms with Gasteiger partial charge >= 0.3 is 5.97 Å². The summed E-state index contributed by atoms with van der Waals surface area (Å²) in [6.45, 7) is 4.01. The number of nitrogens with one attached hydrogen (secondary N) is 1. The van der Waals surface area contributed by atoms with Gasteiger partial charge in [0.1, 0.15) is 0 Å². The molecule has 0 radical (unpaired) electrons. The maximum Gasteiger partial charge on any atom is 0.307 e. The highest BCUT2D eigenvalue weighted by molar-refractivity contribution is 5.87. The summed E-state index contributed by atoms with van der Waals surface area (Å²) in [5.41, 5.74) is 0.331. The predicted molar refractivity (Wildman–Crippen MR) is 69.1 cm³/mol. The molecule has 0 atom stereocenters. The van der Waals surface area contributed by atoms with Crippen LogP contribution >= 0.6 is 0 Å². The first-order valence-corrected chi connectivity index (χ1v) is 5.89. The number of carbonyl (C=O) groups is 2. The van der Waals surface area contributed by atoms with E-state index in [9.17, 15) is 9.59 Å². The maximum atomic E-state index is 12.1. The van der Waals surface area contributed by atoms with Crippen molar-refractivity contribution in [2.45, 2.75) is 25.7 Å². The predicted octanol–water partition coefficient (Wildman–Crippen LogP) is 1.64. The van der Waals surface area contributed by atoms with Crippen LogP contribution in [0.2, 0.25) is 0 Å². The van der Waals surface area contributed by atoms with Gasteiger partial charge in [-0.3, -0.25) is 9.59 Å². The normalized spacial score (nSPS) is 10.8. The van der Waals surface area contributed by atoms with Crippen molar-refractivity contribution in [2.75, 3.05) is 13.7 Å². The van der Waals surface area contributed by atoms with Gasteiger partial charge in [-0.15, -0.1) is 0 Å². The van der Waals surface area contributed by atoms with Crippen molar-refractivity contribution in [3.63, 3.8) is 0 Å². The van der Waals surface area contributed by atoms with Gasteiger partial charge < -0.3 is 10.1 Å². The van der Waals surface area contributed by atoms with Crippen LogP contribution in [-0.4, -0.2) is 25.5 Å². The van der Waals surface area contributed by atoms with E-state index in [1.807, 2.05) is 44.2 Å². The Morgan fingerprint density at radius 3 is 2.39 bits per heavy atom. The molecule has 0 aliphatic carbocycles. The lowest BCUT2D eigenvalue weighted by atomic mass is 9.84. The van der Waals surface area contributed by atoms with Crippen molar-refractivity contribution in [3.05, 3.63) is 35.9 Å². The number of methoxy groups -OCH3 is 1. The number of esters is 1. The fourth-order valence-electron chi connectivity index (χ4n) is 1.59. The average molecular weight is 249 g/mol. The monoisotopic (exact) mass is 249 g/mol. The van der Waals surface area contributed by atoms with Gasteiger partial charge in [-0.05, 0) is 19.4 Å². The number of hydrogen-bond acceptors (Lipinski definition) is 3. The first-order valence-electron chi connectivity index (χ1n) is 5.89. The quantitative estimate of drug-likeness (QED) is 0.807. The van der Waals surface area contributed by atoms with E-state index in [0.717, 1.165) is 5.56 Å². The highest BCUT2D eigenvalue weighted by Crippen LogP contribution is 2.22. The van der Waals surface area contributed by atoms with Gasteiger partial charge in [0.25, 0.3) is 0 Å². The molecule has 0 saturated carbocycles. The largest absolute Gasteiger partial charge is 0.469 e. The van der Waals surface area contributed by atoms with Crippen LogP contribution < -0.4 is 5.32 Å². The molecule has 1 amide bonds. The fraction of sp³-hybridized carbons (Fsp3) is 0.429. The Hall–Kier alpha value is -1.84. The molecule has 0 fully saturated rings. The summed E-state index contributed by atoms with van der Waals surface area (Å²) in [5, 5.41) is 2.75. The summed E-state index contributed by atoms with van der Waals surface area (Å²) in [7, 11) is 1.33. The number of hydrogen-bond donors (Lipinski definition) is 1. The van der Waals surface area contributed by atoms with Gasteiger partial charge in [0, 0.05) is 6.54 Å². The third-order valence-corrected chi connectivity index (χ3v) is 2.91. The van der Waals surface area contributed by atoms with Crippen LogP contribution in [-0.2, 0) is 19.7 Å². The molecule has 1 N–H and O–H groups in total. The Morgan fingerprint density at radius 1 is 1.22 bits per heavy atom. The first-order chi connectivity index (χ1) is 8.48. The van der Waals surface area contributed by atoms with Gasteiger partial charge in [-0.2, -0.15) is 0 Å². The molecule has 0 saturated heterocycles. The lowest BCUT2D eigenvalue weighted by molar-refractivity contribution is -0.140. The minimum atomic E-state index is -0.614. The molecular weight excluding hydrogens is 230 g/mol. The van der Waals surface area contributed by atoms with Crippen molar-refractivity contribution < 1.29 is 14.3 Å². The molecule has 0 aromatic heterocycles. The zero-order valence-electron chi connectivity index (χ0n) is 11.0. The average Bonchev–Trinajstić information content (AvgIpc) is 2.39. The lowest BCUT2D eigenvalue weighted by Gasteiger charge is -2.24. The molecule has 0 unspecified atom stereocenters. The highest BCUT2D eigenvalue weighted by Gasteiger charge is 2.29. The summed E-state index contributed by atoms with van der Waals surface area (Å²) in [4.78, 5) is 23.0. The molecule has 1 rings (SSSR count). The molecule has 4 nitrogen and oxygen atoms in total. The van der Waals surface area contributed by atoms with E-state index >= 15 is 0 Å². The second kappa shape index (κ2) is 6.19. The van der Waals surface area contributed by atoms with E-state index in [4.69, 9.17) is 0 Å². The van der Waals surface area contributed by atoms with E-state index in [1.54, 1.807) is 0 Å². The maximum absolute atomic E-state index is 12.1. The fourth-order valence-corrected chi connectivity index (χ4v) is 1.59. The summed E-state index contributed by atoms with van der Waals surface area (Å²) in [6, 6.07) is 9.55. The van der Waals surface area contributed by atoms with Crippen molar-refractivity contribution in [3.8, 4) is 0 Å². The van der Waals surface area contributed by atoms with E-state index in [2.05, 4.69) is 10.1 Å². The van der Waals surface area contributed by atoms with Crippen molar-refractivity contribution >= 4 is 11.9 Å². The summed E-state index contributed by atoms with van der Waals surface area (Å²) in [5.74, 6) is -0.426. The smallest absolute Gasteiger partial charge is 0.307 e. The summed E-state index contributed by atoms with van der Waals surface area (Å²) in [6.07, 6.45) is 0.188. The van der Waals surface area contributed by atoms with E-state index in [1.165, 1.54) is 7.11 Å². The second-order valence-corrected chi connectivity index (χ2v) is 4.57. The SMILES string of the molecule is COC(=O)CCNC(=O)C(C)(C)c1ccccc1. The number of amides is 1. The summed E-state index contributed by atoms with van der Waals surface area (Å²) < 4.78 is 4.51. The van der Waals surface area contributed by atoms with Crippen LogP contribution in [0.3, 0.4) is 0 Å². The molecule has 0 heterocycles. The number of benzene rings is 1. The zero-order chi connectivity index (χ0) is 13.6. The first kappa shape index (κ1) is 14.2. The van der Waals surface area contributed by atoms with Gasteiger partial charge in [-0.25, -0.2) is 0 Å². The Balaban J connectivity index is 2.58. The third kappa shape index (κ3) is 3.58. The van der Waals surface area contributed by atoms with Crippen molar-refractivity contribution in [2.24, 2.45) is 0 Å². The molecule has 0 aliphatic heterocycles. The summed E-state index contributed by atoms with van der Waals surface area (Å²) >= 11 is 0. The minimum absolute atomic E-state index is 0.0994. The van der Waals surface area contributed by atoms with Crippen LogP contribution in [0.4, 0.5) is 0 Å². The zero-order valence-corrected chi connectivity index (χ0v) is 11.0. The highest BCUT2D eigenvalue weighted by atomic mass is 16.5. The Bertz CT molecular complexity index is 412. The third-order valence-electron chi connectivity index (χ3n) is 2.91. The molecular formula is C14H19NO3. The molecule has 18 heavy (non-hydrogen) atoms. The van der Waals surface area contributed by atoms with E-state index in [0.29, 0.717) is 6.54 Å². The van der Waals surface area contributed by atoms with Gasteiger partial charge in [0.05, 0.1) is 18.9 Å². The van der Waals surface area contributed by atoms with E-state index < -0.39 is 5.41 Å². The number of carbonyl (C=O) groups excluding carboxylic acids is 2. The van der Waals surface area contributed by atoms with Crippen LogP contribution in [0.5, 0.6) is 0 Å². The standard InChI is InChI=1S/C14H19NO3/c1-14(2,11-7-5-4-6-8-11)13(17)15-10-9-12(16)18-3/h4-8H,9-10H2,1-3H3,(H,15,17). The lowest BCUT2D eigenvalue weighted by Crippen LogP contribution is -2.40. The van der Waals surface area contributed by atoms with Gasteiger partial charge in [0.15, 0.2) is 0 Å². The van der Waals surface area contributed by atoms with Crippen LogP contribution in [0, 0.1) is 0 Å².